The number of hydrogen-bond donors (Lipinski definition) is 0. The van der Waals surface area contributed by atoms with Crippen molar-refractivity contribution in [1.82, 2.24) is 20.0 Å². The van der Waals surface area contributed by atoms with E-state index >= 15 is 0 Å². The number of ether oxygens (including phenoxy) is 1. The second-order valence-corrected chi connectivity index (χ2v) is 4.37. The van der Waals surface area contributed by atoms with Crippen LogP contribution >= 0.6 is 0 Å². The molecule has 0 N–H and O–H groups in total. The van der Waals surface area contributed by atoms with Crippen molar-refractivity contribution in [2.45, 2.75) is 6.92 Å². The molecule has 0 saturated heterocycles. The van der Waals surface area contributed by atoms with Crippen LogP contribution in [0.1, 0.15) is 6.92 Å². The summed E-state index contributed by atoms with van der Waals surface area (Å²) in [5, 5.41) is 8.08. The molecule has 106 valence electrons. The molecule has 3 aromatic rings. The number of rotatable bonds is 4. The van der Waals surface area contributed by atoms with E-state index in [0.29, 0.717) is 18.0 Å². The summed E-state index contributed by atoms with van der Waals surface area (Å²) in [6.07, 6.45) is 4.40. The zero-order valence-electron chi connectivity index (χ0n) is 11.4. The van der Waals surface area contributed by atoms with E-state index in [1.165, 1.54) is 16.9 Å². The monoisotopic (exact) mass is 284 g/mol. The lowest BCUT2D eigenvalue weighted by molar-refractivity contribution is 0.340. The maximum absolute atomic E-state index is 13.2. The maximum atomic E-state index is 13.2. The predicted molar refractivity (Wildman–Crippen MR) is 75.7 cm³/mol. The number of halogens is 1. The van der Waals surface area contributed by atoms with Gasteiger partial charge in [0.05, 0.1) is 30.9 Å². The van der Waals surface area contributed by atoms with Gasteiger partial charge in [-0.25, -0.2) is 9.07 Å². The summed E-state index contributed by atoms with van der Waals surface area (Å²) in [5.41, 5.74) is 2.14. The van der Waals surface area contributed by atoms with Crippen molar-refractivity contribution < 1.29 is 9.13 Å². The van der Waals surface area contributed by atoms with Crippen LogP contribution in [0.25, 0.3) is 16.9 Å². The molecule has 5 nitrogen and oxygen atoms in total. The Kier molecular flexibility index (Phi) is 3.59. The summed E-state index contributed by atoms with van der Waals surface area (Å²) < 4.78 is 20.0. The van der Waals surface area contributed by atoms with Crippen LogP contribution in [0.2, 0.25) is 0 Å². The summed E-state index contributed by atoms with van der Waals surface area (Å²) in [4.78, 5) is 3.79. The van der Waals surface area contributed by atoms with Crippen LogP contribution in [0.3, 0.4) is 0 Å². The molecule has 0 radical (unpaired) electrons. The van der Waals surface area contributed by atoms with Gasteiger partial charge in [-0.3, -0.25) is 4.98 Å². The maximum Gasteiger partial charge on any atom is 0.143 e. The normalized spacial score (nSPS) is 10.6. The lowest BCUT2D eigenvalue weighted by Gasteiger charge is -2.02. The van der Waals surface area contributed by atoms with Crippen LogP contribution in [0.4, 0.5) is 4.39 Å². The van der Waals surface area contributed by atoms with E-state index in [1.54, 1.807) is 6.20 Å². The fraction of sp³-hybridized carbons (Fsp3) is 0.133. The van der Waals surface area contributed by atoms with Gasteiger partial charge in [0.15, 0.2) is 0 Å². The van der Waals surface area contributed by atoms with Crippen molar-refractivity contribution in [2.24, 2.45) is 0 Å². The van der Waals surface area contributed by atoms with Gasteiger partial charge in [-0.15, -0.1) is 5.10 Å². The summed E-state index contributed by atoms with van der Waals surface area (Å²) in [6.45, 7) is 2.56. The molecule has 0 spiro atoms. The zero-order valence-corrected chi connectivity index (χ0v) is 11.4. The molecule has 0 aliphatic carbocycles. The molecule has 0 fully saturated rings. The van der Waals surface area contributed by atoms with E-state index < -0.39 is 5.82 Å². The van der Waals surface area contributed by atoms with Crippen molar-refractivity contribution in [1.29, 1.82) is 0 Å². The van der Waals surface area contributed by atoms with Gasteiger partial charge in [-0.05, 0) is 31.2 Å². The fourth-order valence-electron chi connectivity index (χ4n) is 1.94. The highest BCUT2D eigenvalue weighted by Crippen LogP contribution is 2.21. The Bertz CT molecular complexity index is 739. The van der Waals surface area contributed by atoms with Crippen LogP contribution in [0.5, 0.6) is 5.75 Å². The highest BCUT2D eigenvalue weighted by atomic mass is 19.1. The lowest BCUT2D eigenvalue weighted by atomic mass is 10.1. The minimum absolute atomic E-state index is 0.411. The van der Waals surface area contributed by atoms with Crippen molar-refractivity contribution >= 4 is 0 Å². The Balaban J connectivity index is 1.87. The smallest absolute Gasteiger partial charge is 0.143 e. The Labute approximate surface area is 121 Å². The first kappa shape index (κ1) is 13.2. The molecule has 0 atom stereocenters. The van der Waals surface area contributed by atoms with Gasteiger partial charge in [-0.1, -0.05) is 5.21 Å². The van der Waals surface area contributed by atoms with Crippen LogP contribution in [-0.4, -0.2) is 26.6 Å². The molecule has 0 saturated carbocycles. The van der Waals surface area contributed by atoms with Crippen molar-refractivity contribution in [2.75, 3.05) is 6.61 Å². The van der Waals surface area contributed by atoms with Crippen molar-refractivity contribution in [3.05, 3.63) is 54.7 Å². The quantitative estimate of drug-likeness (QED) is 0.739. The van der Waals surface area contributed by atoms with Gasteiger partial charge in [0.25, 0.3) is 0 Å². The van der Waals surface area contributed by atoms with Crippen molar-refractivity contribution in [3.63, 3.8) is 0 Å². The molecule has 1 aromatic carbocycles. The molecule has 0 aliphatic heterocycles. The van der Waals surface area contributed by atoms with Gasteiger partial charge < -0.3 is 4.74 Å². The third kappa shape index (κ3) is 2.89. The fourth-order valence-corrected chi connectivity index (χ4v) is 1.94. The standard InChI is InChI=1S/C15H13FN4O/c1-2-21-14-5-3-11(4-6-14)15-10-20(19-18-15)13-7-12(16)8-17-9-13/h3-10H,2H2,1H3. The Morgan fingerprint density at radius 2 is 2.00 bits per heavy atom. The number of pyridine rings is 1. The third-order valence-electron chi connectivity index (χ3n) is 2.91. The van der Waals surface area contributed by atoms with Crippen LogP contribution < -0.4 is 4.74 Å². The summed E-state index contributed by atoms with van der Waals surface area (Å²) in [6, 6.07) is 8.92. The minimum Gasteiger partial charge on any atom is -0.494 e. The molecule has 0 unspecified atom stereocenters. The Morgan fingerprint density at radius 3 is 2.71 bits per heavy atom. The molecular formula is C15H13FN4O. The van der Waals surface area contributed by atoms with Crippen LogP contribution in [0, 0.1) is 5.82 Å². The van der Waals surface area contributed by atoms with Gasteiger partial charge in [0, 0.05) is 11.6 Å². The lowest BCUT2D eigenvalue weighted by Crippen LogP contribution is -1.96. The highest BCUT2D eigenvalue weighted by Gasteiger charge is 2.06. The first-order valence-electron chi connectivity index (χ1n) is 6.53. The van der Waals surface area contributed by atoms with E-state index in [0.717, 1.165) is 17.5 Å². The first-order chi connectivity index (χ1) is 10.3. The topological polar surface area (TPSA) is 52.8 Å². The number of benzene rings is 1. The molecule has 2 aromatic heterocycles. The summed E-state index contributed by atoms with van der Waals surface area (Å²) in [5.74, 6) is 0.397. The molecule has 0 amide bonds. The van der Waals surface area contributed by atoms with E-state index in [4.69, 9.17) is 4.74 Å². The highest BCUT2D eigenvalue weighted by molar-refractivity contribution is 5.59. The average Bonchev–Trinajstić information content (AvgIpc) is 2.98. The van der Waals surface area contributed by atoms with E-state index in [-0.39, 0.29) is 0 Å². The van der Waals surface area contributed by atoms with Gasteiger partial charge in [-0.2, -0.15) is 0 Å². The van der Waals surface area contributed by atoms with Crippen LogP contribution in [-0.2, 0) is 0 Å². The summed E-state index contributed by atoms with van der Waals surface area (Å²) in [7, 11) is 0. The van der Waals surface area contributed by atoms with Gasteiger partial charge >= 0.3 is 0 Å². The van der Waals surface area contributed by atoms with Crippen LogP contribution in [0.15, 0.2) is 48.9 Å². The second-order valence-electron chi connectivity index (χ2n) is 4.37. The van der Waals surface area contributed by atoms with E-state index in [1.807, 2.05) is 31.2 Å². The van der Waals surface area contributed by atoms with E-state index in [2.05, 4.69) is 15.3 Å². The van der Waals surface area contributed by atoms with Crippen molar-refractivity contribution in [3.8, 4) is 22.7 Å². The molecule has 0 aliphatic rings. The minimum atomic E-state index is -0.411. The second kappa shape index (κ2) is 5.70. The molecule has 21 heavy (non-hydrogen) atoms. The molecule has 6 heteroatoms. The number of hydrogen-bond acceptors (Lipinski definition) is 4. The van der Waals surface area contributed by atoms with Gasteiger partial charge in [0.1, 0.15) is 17.3 Å². The average molecular weight is 284 g/mol. The first-order valence-corrected chi connectivity index (χ1v) is 6.53. The predicted octanol–water partition coefficient (Wildman–Crippen LogP) is 2.87. The molecule has 3 rings (SSSR count). The van der Waals surface area contributed by atoms with E-state index in [9.17, 15) is 4.39 Å². The Hall–Kier alpha value is -2.76. The summed E-state index contributed by atoms with van der Waals surface area (Å²) >= 11 is 0. The number of nitrogens with zero attached hydrogens (tertiary/aromatic N) is 4. The third-order valence-corrected chi connectivity index (χ3v) is 2.91. The SMILES string of the molecule is CCOc1ccc(-c2cn(-c3cncc(F)c3)nn2)cc1. The molecular weight excluding hydrogens is 271 g/mol. The number of aromatic nitrogens is 4. The van der Waals surface area contributed by atoms with Gasteiger partial charge in [0.2, 0.25) is 0 Å². The molecule has 2 heterocycles. The molecule has 0 bridgehead atoms. The Morgan fingerprint density at radius 1 is 1.19 bits per heavy atom. The zero-order chi connectivity index (χ0) is 14.7. The largest absolute Gasteiger partial charge is 0.494 e.